The Hall–Kier alpha value is -0.570. The normalized spacial score (nSPS) is 27.7. The van der Waals surface area contributed by atoms with Crippen LogP contribution in [0.5, 0.6) is 0 Å². The van der Waals surface area contributed by atoms with Gasteiger partial charge in [0.15, 0.2) is 0 Å². The van der Waals surface area contributed by atoms with Crippen molar-refractivity contribution in [3.05, 3.63) is 0 Å². The highest BCUT2D eigenvalue weighted by molar-refractivity contribution is 5.32. The number of hydrogen-bond acceptors (Lipinski definition) is 2. The van der Waals surface area contributed by atoms with E-state index in [9.17, 15) is 5.11 Å². The molecule has 1 fully saturated rings. The van der Waals surface area contributed by atoms with Crippen LogP contribution in [0.1, 0.15) is 39.5 Å². The van der Waals surface area contributed by atoms with Crippen molar-refractivity contribution in [3.63, 3.8) is 0 Å². The van der Waals surface area contributed by atoms with Gasteiger partial charge in [-0.25, -0.2) is 0 Å². The van der Waals surface area contributed by atoms with Crippen molar-refractivity contribution < 1.29 is 15.0 Å². The van der Waals surface area contributed by atoms with E-state index < -0.39 is 0 Å². The number of carbonyl (C=O) groups is 1. The predicted octanol–water partition coefficient (Wildman–Crippen LogP) is 1.89. The van der Waals surface area contributed by atoms with Crippen molar-refractivity contribution in [2.75, 3.05) is 0 Å². The second-order valence-corrected chi connectivity index (χ2v) is 3.92. The van der Waals surface area contributed by atoms with E-state index in [0.29, 0.717) is 0 Å². The fraction of sp³-hybridized carbons (Fsp3) is 0.900. The van der Waals surface area contributed by atoms with Gasteiger partial charge in [-0.2, -0.15) is 0 Å². The van der Waals surface area contributed by atoms with Gasteiger partial charge in [0, 0.05) is 0 Å². The molecule has 1 aliphatic carbocycles. The summed E-state index contributed by atoms with van der Waals surface area (Å²) in [7, 11) is 0. The molecule has 0 unspecified atom stereocenters. The van der Waals surface area contributed by atoms with E-state index >= 15 is 0 Å². The first-order valence-corrected chi connectivity index (χ1v) is 4.87. The maximum Gasteiger partial charge on any atom is 0.290 e. The third-order valence-electron chi connectivity index (χ3n) is 2.68. The Morgan fingerprint density at radius 3 is 1.92 bits per heavy atom. The van der Waals surface area contributed by atoms with Crippen LogP contribution in [0.4, 0.5) is 0 Å². The Morgan fingerprint density at radius 1 is 1.23 bits per heavy atom. The van der Waals surface area contributed by atoms with Gasteiger partial charge in [0.25, 0.3) is 6.47 Å². The van der Waals surface area contributed by atoms with Gasteiger partial charge in [0.05, 0.1) is 6.10 Å². The van der Waals surface area contributed by atoms with Crippen molar-refractivity contribution in [1.29, 1.82) is 0 Å². The van der Waals surface area contributed by atoms with Gasteiger partial charge in [0.1, 0.15) is 0 Å². The van der Waals surface area contributed by atoms with Gasteiger partial charge in [-0.3, -0.25) is 4.79 Å². The third kappa shape index (κ3) is 5.64. The lowest BCUT2D eigenvalue weighted by atomic mass is 9.81. The number of aliphatic hydroxyl groups is 1. The Balaban J connectivity index is 0.000000424. The monoisotopic (exact) mass is 188 g/mol. The summed E-state index contributed by atoms with van der Waals surface area (Å²) < 4.78 is 0. The fourth-order valence-electron chi connectivity index (χ4n) is 1.77. The highest BCUT2D eigenvalue weighted by Crippen LogP contribution is 2.29. The summed E-state index contributed by atoms with van der Waals surface area (Å²) in [4.78, 5) is 8.36. The van der Waals surface area contributed by atoms with Gasteiger partial charge in [-0.15, -0.1) is 0 Å². The minimum absolute atomic E-state index is 0.00926. The van der Waals surface area contributed by atoms with Crippen molar-refractivity contribution in [2.24, 2.45) is 11.8 Å². The van der Waals surface area contributed by atoms with E-state index in [2.05, 4.69) is 13.8 Å². The molecule has 0 atom stereocenters. The molecule has 0 aliphatic heterocycles. The van der Waals surface area contributed by atoms with Crippen molar-refractivity contribution in [1.82, 2.24) is 0 Å². The summed E-state index contributed by atoms with van der Waals surface area (Å²) in [6, 6.07) is 0. The topological polar surface area (TPSA) is 57.5 Å². The number of carboxylic acid groups (broad SMARTS) is 1. The van der Waals surface area contributed by atoms with Crippen LogP contribution in [0.25, 0.3) is 0 Å². The van der Waals surface area contributed by atoms with E-state index in [4.69, 9.17) is 9.90 Å². The molecule has 0 aromatic rings. The zero-order valence-electron chi connectivity index (χ0n) is 8.44. The van der Waals surface area contributed by atoms with Crippen LogP contribution < -0.4 is 0 Å². The highest BCUT2D eigenvalue weighted by Gasteiger charge is 2.21. The number of aliphatic hydroxyl groups excluding tert-OH is 1. The molecule has 1 aliphatic rings. The van der Waals surface area contributed by atoms with Crippen LogP contribution in [0.2, 0.25) is 0 Å². The quantitative estimate of drug-likeness (QED) is 0.618. The van der Waals surface area contributed by atoms with Crippen molar-refractivity contribution >= 4 is 6.47 Å². The van der Waals surface area contributed by atoms with Crippen molar-refractivity contribution in [2.45, 2.75) is 45.6 Å². The van der Waals surface area contributed by atoms with E-state index in [1.165, 1.54) is 12.8 Å². The molecular formula is C10H20O3. The molecule has 0 aromatic heterocycles. The third-order valence-corrected chi connectivity index (χ3v) is 2.68. The Morgan fingerprint density at radius 2 is 1.62 bits per heavy atom. The molecule has 0 bridgehead atoms. The minimum Gasteiger partial charge on any atom is -0.483 e. The standard InChI is InChI=1S/C9H18O.CH2O2/c1-7(2)8-3-5-9(10)6-4-8;2-1-3/h7-10H,3-6H2,1-2H3;1H,(H,2,3). The molecule has 0 radical (unpaired) electrons. The van der Waals surface area contributed by atoms with Crippen molar-refractivity contribution in [3.8, 4) is 0 Å². The van der Waals surface area contributed by atoms with Crippen LogP contribution in [-0.2, 0) is 4.79 Å². The lowest BCUT2D eigenvalue weighted by molar-refractivity contribution is -0.122. The molecule has 3 nitrogen and oxygen atoms in total. The molecule has 0 heterocycles. The van der Waals surface area contributed by atoms with Gasteiger partial charge >= 0.3 is 0 Å². The second-order valence-electron chi connectivity index (χ2n) is 3.92. The molecule has 0 amide bonds. The van der Waals surface area contributed by atoms with E-state index in [1.54, 1.807) is 0 Å². The summed E-state index contributed by atoms with van der Waals surface area (Å²) in [5.74, 6) is 1.69. The highest BCUT2D eigenvalue weighted by atomic mass is 16.3. The number of rotatable bonds is 1. The van der Waals surface area contributed by atoms with E-state index in [0.717, 1.165) is 24.7 Å². The van der Waals surface area contributed by atoms with Crippen LogP contribution in [0.3, 0.4) is 0 Å². The SMILES string of the molecule is CC(C)C1CCC(O)CC1.O=CO. The van der Waals surface area contributed by atoms with Gasteiger partial charge in [-0.05, 0) is 37.5 Å². The maximum atomic E-state index is 9.21. The van der Waals surface area contributed by atoms with Crippen LogP contribution >= 0.6 is 0 Å². The molecule has 0 spiro atoms. The van der Waals surface area contributed by atoms with Gasteiger partial charge in [0.2, 0.25) is 0 Å². The average molecular weight is 188 g/mol. The first kappa shape index (κ1) is 12.4. The summed E-state index contributed by atoms with van der Waals surface area (Å²) in [6.07, 6.45) is 4.54. The molecule has 0 aromatic carbocycles. The predicted molar refractivity (Wildman–Crippen MR) is 51.5 cm³/mol. The lowest BCUT2D eigenvalue weighted by Crippen LogP contribution is -2.21. The number of hydrogen-bond donors (Lipinski definition) is 2. The molecule has 2 N–H and O–H groups in total. The Bertz CT molecular complexity index is 126. The molecular weight excluding hydrogens is 168 g/mol. The zero-order valence-corrected chi connectivity index (χ0v) is 8.44. The maximum absolute atomic E-state index is 9.21. The second kappa shape index (κ2) is 6.89. The van der Waals surface area contributed by atoms with Gasteiger partial charge in [-0.1, -0.05) is 13.8 Å². The largest absolute Gasteiger partial charge is 0.483 e. The molecule has 1 rings (SSSR count). The fourth-order valence-corrected chi connectivity index (χ4v) is 1.77. The van der Waals surface area contributed by atoms with E-state index in [-0.39, 0.29) is 12.6 Å². The van der Waals surface area contributed by atoms with Crippen LogP contribution in [-0.4, -0.2) is 22.8 Å². The molecule has 13 heavy (non-hydrogen) atoms. The van der Waals surface area contributed by atoms with E-state index in [1.807, 2.05) is 0 Å². The molecule has 78 valence electrons. The molecule has 1 saturated carbocycles. The van der Waals surface area contributed by atoms with Crippen LogP contribution in [0.15, 0.2) is 0 Å². The molecule has 3 heteroatoms. The molecule has 0 saturated heterocycles. The lowest BCUT2D eigenvalue weighted by Gasteiger charge is -2.27. The summed E-state index contributed by atoms with van der Waals surface area (Å²) in [5, 5.41) is 16.1. The Labute approximate surface area is 79.8 Å². The summed E-state index contributed by atoms with van der Waals surface area (Å²) in [6.45, 7) is 4.31. The van der Waals surface area contributed by atoms with Crippen LogP contribution in [0, 0.1) is 11.8 Å². The summed E-state index contributed by atoms with van der Waals surface area (Å²) in [5.41, 5.74) is 0. The first-order valence-electron chi connectivity index (χ1n) is 4.87. The Kier molecular flexibility index (Phi) is 6.59. The minimum atomic E-state index is -0.250. The zero-order chi connectivity index (χ0) is 10.3. The smallest absolute Gasteiger partial charge is 0.290 e. The summed E-state index contributed by atoms with van der Waals surface area (Å²) >= 11 is 0. The first-order chi connectivity index (χ1) is 6.11. The average Bonchev–Trinajstić information content (AvgIpc) is 2.06. The van der Waals surface area contributed by atoms with Gasteiger partial charge < -0.3 is 10.2 Å².